The highest BCUT2D eigenvalue weighted by molar-refractivity contribution is 9.12. The molecule has 0 bridgehead atoms. The first kappa shape index (κ1) is 11.8. The number of halogens is 2. The summed E-state index contributed by atoms with van der Waals surface area (Å²) in [6.07, 6.45) is 3.44. The fourth-order valence-corrected chi connectivity index (χ4v) is 5.06. The Bertz CT molecular complexity index is 386. The minimum absolute atomic E-state index is 0.239. The molecule has 1 aromatic heterocycles. The van der Waals surface area contributed by atoms with Crippen molar-refractivity contribution < 1.29 is 4.79 Å². The van der Waals surface area contributed by atoms with E-state index in [1.807, 2.05) is 6.07 Å². The topological polar surface area (TPSA) is 17.1 Å². The molecule has 4 heteroatoms. The lowest BCUT2D eigenvalue weighted by molar-refractivity contribution is 0.0897. The molecule has 82 valence electrons. The Balaban J connectivity index is 2.24. The van der Waals surface area contributed by atoms with E-state index < -0.39 is 0 Å². The van der Waals surface area contributed by atoms with Crippen LogP contribution in [0.2, 0.25) is 0 Å². The van der Waals surface area contributed by atoms with Gasteiger partial charge in [0, 0.05) is 11.5 Å². The van der Waals surface area contributed by atoms with Gasteiger partial charge >= 0.3 is 0 Å². The molecule has 0 aromatic carbocycles. The van der Waals surface area contributed by atoms with Gasteiger partial charge in [-0.25, -0.2) is 0 Å². The van der Waals surface area contributed by atoms with E-state index in [0.717, 1.165) is 19.6 Å². The van der Waals surface area contributed by atoms with Crippen LogP contribution < -0.4 is 0 Å². The molecule has 15 heavy (non-hydrogen) atoms. The predicted octanol–water partition coefficient (Wildman–Crippen LogP) is 4.89. The maximum absolute atomic E-state index is 12.2. The van der Waals surface area contributed by atoms with E-state index in [2.05, 4.69) is 38.8 Å². The molecule has 1 aliphatic rings. The van der Waals surface area contributed by atoms with Crippen LogP contribution in [0.15, 0.2) is 13.6 Å². The Morgan fingerprint density at radius 2 is 2.20 bits per heavy atom. The molecule has 1 nitrogen and oxygen atoms in total. The average molecular weight is 352 g/mol. The number of thiophene rings is 1. The van der Waals surface area contributed by atoms with Gasteiger partial charge in [0.05, 0.1) is 7.57 Å². The molecule has 1 fully saturated rings. The van der Waals surface area contributed by atoms with Gasteiger partial charge in [-0.2, -0.15) is 0 Å². The van der Waals surface area contributed by atoms with Gasteiger partial charge in [0.2, 0.25) is 0 Å². The minimum atomic E-state index is 0.239. The maximum atomic E-state index is 12.2. The molecule has 0 aliphatic heterocycles. The SMILES string of the molecule is CC1CCCC1C(=O)c1cc(Br)sc1Br. The van der Waals surface area contributed by atoms with Gasteiger partial charge in [0.15, 0.2) is 5.78 Å². The first-order chi connectivity index (χ1) is 7.09. The van der Waals surface area contributed by atoms with Gasteiger partial charge in [-0.05, 0) is 56.7 Å². The van der Waals surface area contributed by atoms with Crippen molar-refractivity contribution in [2.45, 2.75) is 26.2 Å². The molecule has 0 saturated heterocycles. The second-order valence-electron chi connectivity index (χ2n) is 4.12. The van der Waals surface area contributed by atoms with E-state index in [4.69, 9.17) is 0 Å². The Labute approximate surface area is 111 Å². The van der Waals surface area contributed by atoms with E-state index in [9.17, 15) is 4.79 Å². The molecule has 1 aliphatic carbocycles. The highest BCUT2D eigenvalue weighted by Crippen LogP contribution is 2.38. The summed E-state index contributed by atoms with van der Waals surface area (Å²) in [5, 5.41) is 0. The third-order valence-corrected chi connectivity index (χ3v) is 5.46. The summed E-state index contributed by atoms with van der Waals surface area (Å²) < 4.78 is 1.97. The lowest BCUT2D eigenvalue weighted by atomic mass is 9.91. The van der Waals surface area contributed by atoms with Crippen molar-refractivity contribution in [1.29, 1.82) is 0 Å². The fourth-order valence-electron chi connectivity index (χ4n) is 2.24. The highest BCUT2D eigenvalue weighted by Gasteiger charge is 2.31. The van der Waals surface area contributed by atoms with Crippen molar-refractivity contribution in [2.75, 3.05) is 0 Å². The minimum Gasteiger partial charge on any atom is -0.294 e. The van der Waals surface area contributed by atoms with E-state index in [-0.39, 0.29) is 5.92 Å². The lowest BCUT2D eigenvalue weighted by Gasteiger charge is -2.12. The monoisotopic (exact) mass is 350 g/mol. The molecule has 0 radical (unpaired) electrons. The van der Waals surface area contributed by atoms with Crippen LogP contribution in [0.1, 0.15) is 36.5 Å². The summed E-state index contributed by atoms with van der Waals surface area (Å²) in [4.78, 5) is 12.2. The van der Waals surface area contributed by atoms with Gasteiger partial charge < -0.3 is 0 Å². The molecule has 0 N–H and O–H groups in total. The third kappa shape index (κ3) is 2.37. The highest BCUT2D eigenvalue weighted by atomic mass is 79.9. The number of ketones is 1. The second-order valence-corrected chi connectivity index (χ2v) is 7.87. The predicted molar refractivity (Wildman–Crippen MR) is 70.6 cm³/mol. The molecule has 1 heterocycles. The smallest absolute Gasteiger partial charge is 0.168 e. The number of carbonyl (C=O) groups is 1. The molecular weight excluding hydrogens is 340 g/mol. The zero-order valence-corrected chi connectivity index (χ0v) is 12.4. The second kappa shape index (κ2) is 4.68. The van der Waals surface area contributed by atoms with Gasteiger partial charge in [-0.1, -0.05) is 13.3 Å². The average Bonchev–Trinajstić information content (AvgIpc) is 2.71. The Morgan fingerprint density at radius 3 is 2.67 bits per heavy atom. The van der Waals surface area contributed by atoms with Crippen molar-refractivity contribution in [3.63, 3.8) is 0 Å². The summed E-state index contributed by atoms with van der Waals surface area (Å²) in [5.74, 6) is 1.10. The van der Waals surface area contributed by atoms with Crippen molar-refractivity contribution in [1.82, 2.24) is 0 Å². The molecular formula is C11H12Br2OS. The van der Waals surface area contributed by atoms with Crippen LogP contribution in [0.5, 0.6) is 0 Å². The van der Waals surface area contributed by atoms with E-state index >= 15 is 0 Å². The van der Waals surface area contributed by atoms with Crippen molar-refractivity contribution in [3.05, 3.63) is 19.2 Å². The lowest BCUT2D eigenvalue weighted by Crippen LogP contribution is -2.16. The first-order valence-corrected chi connectivity index (χ1v) is 7.49. The molecule has 1 aromatic rings. The van der Waals surface area contributed by atoms with Crippen molar-refractivity contribution in [3.8, 4) is 0 Å². The maximum Gasteiger partial charge on any atom is 0.168 e. The molecule has 2 atom stereocenters. The standard InChI is InChI=1S/C11H12Br2OS/c1-6-3-2-4-7(6)10(14)8-5-9(12)15-11(8)13/h5-7H,2-4H2,1H3. The Hall–Kier alpha value is 0.330. The normalized spacial score (nSPS) is 25.8. The molecule has 1 saturated carbocycles. The summed E-state index contributed by atoms with van der Waals surface area (Å²) in [6.45, 7) is 2.19. The van der Waals surface area contributed by atoms with Crippen LogP contribution in [0.4, 0.5) is 0 Å². The number of Topliss-reactive ketones (excluding diaryl/α,β-unsaturated/α-hetero) is 1. The molecule has 0 spiro atoms. The van der Waals surface area contributed by atoms with Crippen LogP contribution in [0.25, 0.3) is 0 Å². The number of rotatable bonds is 2. The number of hydrogen-bond donors (Lipinski definition) is 0. The quantitative estimate of drug-likeness (QED) is 0.693. The third-order valence-electron chi connectivity index (χ3n) is 3.12. The van der Waals surface area contributed by atoms with E-state index in [1.165, 1.54) is 12.8 Å². The fraction of sp³-hybridized carbons (Fsp3) is 0.545. The first-order valence-electron chi connectivity index (χ1n) is 5.08. The van der Waals surface area contributed by atoms with Gasteiger partial charge in [0.1, 0.15) is 0 Å². The molecule has 2 unspecified atom stereocenters. The number of carbonyl (C=O) groups excluding carboxylic acids is 1. The zero-order valence-electron chi connectivity index (χ0n) is 8.43. The van der Waals surface area contributed by atoms with Gasteiger partial charge in [0.25, 0.3) is 0 Å². The molecule has 2 rings (SSSR count). The van der Waals surface area contributed by atoms with Crippen LogP contribution in [0.3, 0.4) is 0 Å². The van der Waals surface area contributed by atoms with E-state index in [0.29, 0.717) is 11.7 Å². The van der Waals surface area contributed by atoms with Crippen molar-refractivity contribution in [2.24, 2.45) is 11.8 Å². The van der Waals surface area contributed by atoms with Gasteiger partial charge in [-0.15, -0.1) is 11.3 Å². The summed E-state index contributed by atoms with van der Waals surface area (Å²) in [5.41, 5.74) is 0.852. The Kier molecular flexibility index (Phi) is 3.68. The van der Waals surface area contributed by atoms with Crippen LogP contribution in [-0.2, 0) is 0 Å². The van der Waals surface area contributed by atoms with Gasteiger partial charge in [-0.3, -0.25) is 4.79 Å². The largest absolute Gasteiger partial charge is 0.294 e. The Morgan fingerprint density at radius 1 is 1.47 bits per heavy atom. The van der Waals surface area contributed by atoms with Crippen LogP contribution >= 0.6 is 43.2 Å². The summed E-state index contributed by atoms with van der Waals surface area (Å²) in [6, 6.07) is 1.93. The van der Waals surface area contributed by atoms with Crippen LogP contribution in [0, 0.1) is 11.8 Å². The summed E-state index contributed by atoms with van der Waals surface area (Å²) in [7, 11) is 0. The number of hydrogen-bond acceptors (Lipinski definition) is 2. The molecule has 0 amide bonds. The van der Waals surface area contributed by atoms with Crippen molar-refractivity contribution >= 4 is 49.0 Å². The van der Waals surface area contributed by atoms with Crippen LogP contribution in [-0.4, -0.2) is 5.78 Å². The summed E-state index contributed by atoms with van der Waals surface area (Å²) >= 11 is 8.43. The zero-order chi connectivity index (χ0) is 11.0. The van der Waals surface area contributed by atoms with E-state index in [1.54, 1.807) is 11.3 Å².